The summed E-state index contributed by atoms with van der Waals surface area (Å²) >= 11 is 3.26. The van der Waals surface area contributed by atoms with E-state index in [1.54, 1.807) is 35.6 Å². The van der Waals surface area contributed by atoms with Crippen LogP contribution in [0.25, 0.3) is 0 Å². The number of nitrogens with zero attached hydrogens (tertiary/aromatic N) is 3. The lowest BCUT2D eigenvalue weighted by Crippen LogP contribution is -2.35. The first-order valence-electron chi connectivity index (χ1n) is 9.10. The molecule has 0 bridgehead atoms. The molecule has 4 rings (SSSR count). The monoisotopic (exact) mass is 410 g/mol. The largest absolute Gasteiger partial charge is 0.394 e. The number of fused-ring (bicyclic) bond motifs is 1. The number of hydrogen-bond donors (Lipinski definition) is 3. The molecule has 1 aromatic heterocycles. The van der Waals surface area contributed by atoms with E-state index in [9.17, 15) is 0 Å². The Bertz CT molecular complexity index is 917. The van der Waals surface area contributed by atoms with Crippen molar-refractivity contribution in [2.24, 2.45) is 4.99 Å². The molecule has 1 unspecified atom stereocenters. The highest BCUT2D eigenvalue weighted by Gasteiger charge is 2.36. The van der Waals surface area contributed by atoms with Crippen LogP contribution in [0.4, 0.5) is 0 Å². The van der Waals surface area contributed by atoms with Crippen LogP contribution >= 0.6 is 23.3 Å². The van der Waals surface area contributed by atoms with Crippen molar-refractivity contribution < 1.29 is 0 Å². The first-order valence-corrected chi connectivity index (χ1v) is 10.8. The number of nitrogens with one attached hydrogen (secondary N) is 3. The third-order valence-corrected chi connectivity index (χ3v) is 6.34. The Morgan fingerprint density at radius 3 is 2.96 bits per heavy atom. The minimum atomic E-state index is 0.277. The van der Waals surface area contributed by atoms with Crippen molar-refractivity contribution >= 4 is 34.8 Å². The van der Waals surface area contributed by atoms with E-state index in [4.69, 9.17) is 10.4 Å². The fourth-order valence-electron chi connectivity index (χ4n) is 3.31. The number of amidine groups is 1. The van der Waals surface area contributed by atoms with E-state index in [1.807, 2.05) is 36.8 Å². The molecule has 0 radical (unpaired) electrons. The smallest absolute Gasteiger partial charge is 0.165 e. The van der Waals surface area contributed by atoms with Crippen LogP contribution < -0.4 is 10.0 Å². The molecule has 2 aliphatic rings. The minimum Gasteiger partial charge on any atom is -0.394 e. The normalized spacial score (nSPS) is 19.1. The van der Waals surface area contributed by atoms with Gasteiger partial charge >= 0.3 is 0 Å². The van der Waals surface area contributed by atoms with Gasteiger partial charge in [-0.3, -0.25) is 9.71 Å². The Kier molecular flexibility index (Phi) is 5.90. The summed E-state index contributed by atoms with van der Waals surface area (Å²) in [5.41, 5.74) is 2.67. The maximum absolute atomic E-state index is 8.46. The first kappa shape index (κ1) is 18.9. The predicted molar refractivity (Wildman–Crippen MR) is 117 cm³/mol. The molecule has 2 aromatic rings. The van der Waals surface area contributed by atoms with Gasteiger partial charge in [0, 0.05) is 53.8 Å². The van der Waals surface area contributed by atoms with Crippen LogP contribution in [0.5, 0.6) is 0 Å². The van der Waals surface area contributed by atoms with Gasteiger partial charge in [-0.25, -0.2) is 4.98 Å². The second-order valence-corrected chi connectivity index (χ2v) is 8.29. The van der Waals surface area contributed by atoms with Crippen LogP contribution in [0, 0.1) is 5.41 Å². The molecule has 2 aliphatic heterocycles. The average molecular weight is 411 g/mol. The quantitative estimate of drug-likeness (QED) is 0.482. The van der Waals surface area contributed by atoms with Crippen molar-refractivity contribution in [3.05, 3.63) is 70.5 Å². The number of thiazole rings is 1. The van der Waals surface area contributed by atoms with Gasteiger partial charge in [-0.2, -0.15) is 0 Å². The number of rotatable bonds is 7. The Hall–Kier alpha value is -2.42. The fraction of sp³-hybridized carbons (Fsp3) is 0.250. The van der Waals surface area contributed by atoms with Gasteiger partial charge in [0.15, 0.2) is 10.8 Å². The zero-order valence-electron chi connectivity index (χ0n) is 15.6. The summed E-state index contributed by atoms with van der Waals surface area (Å²) < 4.78 is 3.59. The Balaban J connectivity index is 1.56. The maximum Gasteiger partial charge on any atom is 0.165 e. The standard InChI is InChI=1S/C20H22N6S2/c1-22-8-7-17(21)16-12-24-19(20-23-9-10-27-20)26-13-14(11-18(16)26)25-28-15-5-3-2-4-6-15/h2-10,14,21-22,25H,11-13H2,1H3/b8-7-,21-17?. The molecule has 1 saturated heterocycles. The number of aromatic nitrogens is 1. The van der Waals surface area contributed by atoms with Gasteiger partial charge in [0.25, 0.3) is 0 Å². The van der Waals surface area contributed by atoms with Crippen LogP contribution in [-0.4, -0.2) is 47.6 Å². The summed E-state index contributed by atoms with van der Waals surface area (Å²) in [5.74, 6) is 0.924. The van der Waals surface area contributed by atoms with Crippen LogP contribution in [0.3, 0.4) is 0 Å². The molecule has 0 amide bonds. The van der Waals surface area contributed by atoms with Crippen LogP contribution in [-0.2, 0) is 0 Å². The summed E-state index contributed by atoms with van der Waals surface area (Å²) in [5, 5.41) is 14.3. The zero-order valence-corrected chi connectivity index (χ0v) is 17.2. The molecule has 3 heterocycles. The molecule has 28 heavy (non-hydrogen) atoms. The summed E-state index contributed by atoms with van der Waals surface area (Å²) in [7, 11) is 1.84. The van der Waals surface area contributed by atoms with Gasteiger partial charge in [0.05, 0.1) is 12.3 Å². The second-order valence-electron chi connectivity index (χ2n) is 6.48. The molecule has 6 nitrogen and oxygen atoms in total. The average Bonchev–Trinajstić information content (AvgIpc) is 3.40. The predicted octanol–water partition coefficient (Wildman–Crippen LogP) is 3.28. The van der Waals surface area contributed by atoms with Crippen LogP contribution in [0.2, 0.25) is 0 Å². The van der Waals surface area contributed by atoms with E-state index < -0.39 is 0 Å². The molecule has 8 heteroatoms. The number of hydrogen-bond acceptors (Lipinski definition) is 8. The molecule has 144 valence electrons. The van der Waals surface area contributed by atoms with Crippen molar-refractivity contribution in [3.8, 4) is 0 Å². The molecule has 1 atom stereocenters. The van der Waals surface area contributed by atoms with Crippen molar-refractivity contribution in [2.75, 3.05) is 20.1 Å². The molecule has 0 spiro atoms. The fourth-order valence-corrected chi connectivity index (χ4v) is 4.72. The van der Waals surface area contributed by atoms with Gasteiger partial charge in [0.1, 0.15) is 0 Å². The number of allylic oxidation sites excluding steroid dienone is 1. The topological polar surface area (TPSA) is 76.4 Å². The molecule has 3 N–H and O–H groups in total. The summed E-state index contributed by atoms with van der Waals surface area (Å²) in [4.78, 5) is 12.7. The van der Waals surface area contributed by atoms with Gasteiger partial charge in [-0.15, -0.1) is 11.3 Å². The van der Waals surface area contributed by atoms with Gasteiger partial charge < -0.3 is 15.6 Å². The minimum absolute atomic E-state index is 0.277. The lowest BCUT2D eigenvalue weighted by Gasteiger charge is -2.27. The van der Waals surface area contributed by atoms with Crippen molar-refractivity contribution in [1.29, 1.82) is 5.41 Å². The lowest BCUT2D eigenvalue weighted by atomic mass is 10.0. The van der Waals surface area contributed by atoms with E-state index >= 15 is 0 Å². The summed E-state index contributed by atoms with van der Waals surface area (Å²) in [6.45, 7) is 1.34. The Morgan fingerprint density at radius 2 is 2.21 bits per heavy atom. The highest BCUT2D eigenvalue weighted by molar-refractivity contribution is 7.97. The van der Waals surface area contributed by atoms with Gasteiger partial charge in [-0.05, 0) is 36.4 Å². The van der Waals surface area contributed by atoms with Crippen LogP contribution in [0.15, 0.2) is 75.3 Å². The third kappa shape index (κ3) is 4.04. The second kappa shape index (κ2) is 8.72. The Morgan fingerprint density at radius 1 is 1.36 bits per heavy atom. The molecule has 1 aromatic carbocycles. The Labute approximate surface area is 173 Å². The number of aliphatic imine (C=N–C) groups is 1. The maximum atomic E-state index is 8.46. The van der Waals surface area contributed by atoms with Crippen molar-refractivity contribution in [3.63, 3.8) is 0 Å². The third-order valence-electron chi connectivity index (χ3n) is 4.61. The first-order chi connectivity index (χ1) is 13.8. The van der Waals surface area contributed by atoms with Gasteiger partial charge in [-0.1, -0.05) is 18.2 Å². The highest BCUT2D eigenvalue weighted by Crippen LogP contribution is 2.33. The highest BCUT2D eigenvalue weighted by atomic mass is 32.2. The summed E-state index contributed by atoms with van der Waals surface area (Å²) in [6.07, 6.45) is 6.27. The zero-order chi connectivity index (χ0) is 19.3. The van der Waals surface area contributed by atoms with E-state index in [0.29, 0.717) is 12.3 Å². The van der Waals surface area contributed by atoms with E-state index in [2.05, 4.69) is 32.1 Å². The number of benzene rings is 1. The van der Waals surface area contributed by atoms with E-state index in [1.165, 1.54) is 10.6 Å². The summed E-state index contributed by atoms with van der Waals surface area (Å²) in [6, 6.07) is 10.6. The molecule has 0 aliphatic carbocycles. The molecule has 1 fully saturated rings. The van der Waals surface area contributed by atoms with E-state index in [-0.39, 0.29) is 6.04 Å². The molecular formula is C20H22N6S2. The van der Waals surface area contributed by atoms with Crippen molar-refractivity contribution in [1.82, 2.24) is 19.9 Å². The van der Waals surface area contributed by atoms with E-state index in [0.717, 1.165) is 29.4 Å². The lowest BCUT2D eigenvalue weighted by molar-refractivity contribution is 0.540. The van der Waals surface area contributed by atoms with Gasteiger partial charge in [0.2, 0.25) is 0 Å². The SMILES string of the molecule is CN/C=C\C(=N)C1=C2CC(NSc3ccccc3)CN2C(c2nccs2)=NC1. The van der Waals surface area contributed by atoms with Crippen LogP contribution in [0.1, 0.15) is 11.4 Å². The molecular weight excluding hydrogens is 388 g/mol. The molecule has 0 saturated carbocycles. The van der Waals surface area contributed by atoms with Crippen molar-refractivity contribution in [2.45, 2.75) is 17.4 Å².